The Morgan fingerprint density at radius 1 is 1.55 bits per heavy atom. The van der Waals surface area contributed by atoms with Gasteiger partial charge in [0, 0.05) is 0 Å². The van der Waals surface area contributed by atoms with Crippen molar-refractivity contribution in [2.75, 3.05) is 0 Å². The van der Waals surface area contributed by atoms with Gasteiger partial charge in [0.05, 0.1) is 6.10 Å². The van der Waals surface area contributed by atoms with Gasteiger partial charge in [0.15, 0.2) is 0 Å². The zero-order chi connectivity index (χ0) is 8.85. The first-order valence-corrected chi connectivity index (χ1v) is 3.74. The second-order valence-electron chi connectivity index (χ2n) is 2.58. The molecular weight excluding hydrogens is 146 g/mol. The third kappa shape index (κ3) is 4.75. The van der Waals surface area contributed by atoms with Crippen molar-refractivity contribution in [3.8, 4) is 0 Å². The molecule has 0 saturated carbocycles. The zero-order valence-electron chi connectivity index (χ0n) is 6.66. The molecular formula is C7H15NO3. The molecule has 0 heterocycles. The Hall–Kier alpha value is -0.610. The standard InChI is InChI=1S/C7H15NO3/c1-2-5(9)3-4-6(8)7(10)11/h5-6,9H,2-4,8H2,1H3,(H,10,11). The molecule has 0 rings (SSSR count). The molecule has 0 aliphatic heterocycles. The summed E-state index contributed by atoms with van der Waals surface area (Å²) in [5.74, 6) is -1.01. The quantitative estimate of drug-likeness (QED) is 0.528. The highest BCUT2D eigenvalue weighted by Gasteiger charge is 2.12. The Morgan fingerprint density at radius 2 is 2.09 bits per heavy atom. The van der Waals surface area contributed by atoms with Gasteiger partial charge in [-0.05, 0) is 19.3 Å². The predicted molar refractivity (Wildman–Crippen MR) is 41.1 cm³/mol. The molecule has 0 fully saturated rings. The summed E-state index contributed by atoms with van der Waals surface area (Å²) in [4.78, 5) is 10.2. The molecule has 4 nitrogen and oxygen atoms in total. The highest BCUT2D eigenvalue weighted by Crippen LogP contribution is 2.02. The number of carboxylic acid groups (broad SMARTS) is 1. The average Bonchev–Trinajstić information content (AvgIpc) is 1.99. The van der Waals surface area contributed by atoms with Crippen LogP contribution in [0.15, 0.2) is 0 Å². The van der Waals surface area contributed by atoms with Crippen LogP contribution in [-0.4, -0.2) is 28.3 Å². The van der Waals surface area contributed by atoms with Crippen LogP contribution in [0.1, 0.15) is 26.2 Å². The Bertz CT molecular complexity index is 127. The lowest BCUT2D eigenvalue weighted by Gasteiger charge is -2.09. The fourth-order valence-corrected chi connectivity index (χ4v) is 0.700. The highest BCUT2D eigenvalue weighted by molar-refractivity contribution is 5.72. The van der Waals surface area contributed by atoms with Gasteiger partial charge >= 0.3 is 5.97 Å². The summed E-state index contributed by atoms with van der Waals surface area (Å²) in [7, 11) is 0. The lowest BCUT2D eigenvalue weighted by atomic mass is 10.1. The van der Waals surface area contributed by atoms with Crippen LogP contribution in [0.3, 0.4) is 0 Å². The summed E-state index contributed by atoms with van der Waals surface area (Å²) in [5.41, 5.74) is 5.21. The summed E-state index contributed by atoms with van der Waals surface area (Å²) in [6, 6.07) is -0.837. The smallest absolute Gasteiger partial charge is 0.320 e. The number of hydrogen-bond acceptors (Lipinski definition) is 3. The minimum atomic E-state index is -1.01. The van der Waals surface area contributed by atoms with Gasteiger partial charge < -0.3 is 15.9 Å². The Morgan fingerprint density at radius 3 is 2.45 bits per heavy atom. The minimum absolute atomic E-state index is 0.338. The second kappa shape index (κ2) is 5.09. The monoisotopic (exact) mass is 161 g/mol. The van der Waals surface area contributed by atoms with Crippen molar-refractivity contribution in [2.45, 2.75) is 38.3 Å². The normalized spacial score (nSPS) is 15.9. The lowest BCUT2D eigenvalue weighted by Crippen LogP contribution is -2.30. The molecule has 0 amide bonds. The molecule has 0 aromatic heterocycles. The molecule has 0 aliphatic rings. The largest absolute Gasteiger partial charge is 0.480 e. The fraction of sp³-hybridized carbons (Fsp3) is 0.857. The van der Waals surface area contributed by atoms with Crippen molar-refractivity contribution >= 4 is 5.97 Å². The number of rotatable bonds is 5. The average molecular weight is 161 g/mol. The van der Waals surface area contributed by atoms with Gasteiger partial charge in [0.25, 0.3) is 0 Å². The lowest BCUT2D eigenvalue weighted by molar-refractivity contribution is -0.138. The zero-order valence-corrected chi connectivity index (χ0v) is 6.66. The summed E-state index contributed by atoms with van der Waals surface area (Å²) >= 11 is 0. The van der Waals surface area contributed by atoms with Crippen molar-refractivity contribution in [3.05, 3.63) is 0 Å². The summed E-state index contributed by atoms with van der Waals surface area (Å²) in [5, 5.41) is 17.4. The Labute approximate surface area is 66.0 Å². The Kier molecular flexibility index (Phi) is 4.81. The van der Waals surface area contributed by atoms with E-state index in [2.05, 4.69) is 0 Å². The van der Waals surface area contributed by atoms with Crippen LogP contribution in [0, 0.1) is 0 Å². The first-order chi connectivity index (χ1) is 5.07. The molecule has 0 bridgehead atoms. The number of aliphatic hydroxyl groups is 1. The van der Waals surface area contributed by atoms with E-state index in [1.165, 1.54) is 0 Å². The maximum absolute atomic E-state index is 10.2. The van der Waals surface area contributed by atoms with Gasteiger partial charge in [-0.1, -0.05) is 6.92 Å². The van der Waals surface area contributed by atoms with Crippen LogP contribution in [0.2, 0.25) is 0 Å². The Balaban J connectivity index is 3.45. The maximum Gasteiger partial charge on any atom is 0.320 e. The molecule has 0 spiro atoms. The van der Waals surface area contributed by atoms with Crippen molar-refractivity contribution in [1.29, 1.82) is 0 Å². The number of hydrogen-bond donors (Lipinski definition) is 3. The predicted octanol–water partition coefficient (Wildman–Crippen LogP) is -0.0506. The van der Waals surface area contributed by atoms with Gasteiger partial charge in [0.1, 0.15) is 6.04 Å². The van der Waals surface area contributed by atoms with Crippen LogP contribution < -0.4 is 5.73 Å². The maximum atomic E-state index is 10.2. The second-order valence-corrected chi connectivity index (χ2v) is 2.58. The van der Waals surface area contributed by atoms with Gasteiger partial charge in [0.2, 0.25) is 0 Å². The first-order valence-electron chi connectivity index (χ1n) is 3.74. The van der Waals surface area contributed by atoms with Crippen molar-refractivity contribution in [1.82, 2.24) is 0 Å². The van der Waals surface area contributed by atoms with E-state index in [1.54, 1.807) is 0 Å². The third-order valence-electron chi connectivity index (χ3n) is 1.60. The van der Waals surface area contributed by atoms with Gasteiger partial charge in [-0.2, -0.15) is 0 Å². The topological polar surface area (TPSA) is 83.5 Å². The third-order valence-corrected chi connectivity index (χ3v) is 1.60. The molecule has 0 aliphatic carbocycles. The van der Waals surface area contributed by atoms with Gasteiger partial charge in [-0.15, -0.1) is 0 Å². The summed E-state index contributed by atoms with van der Waals surface area (Å²) in [6.45, 7) is 1.84. The number of carboxylic acids is 1. The van der Waals surface area contributed by atoms with Crippen LogP contribution >= 0.6 is 0 Å². The van der Waals surface area contributed by atoms with Crippen LogP contribution in [-0.2, 0) is 4.79 Å². The van der Waals surface area contributed by atoms with Crippen molar-refractivity contribution in [3.63, 3.8) is 0 Å². The van der Waals surface area contributed by atoms with E-state index < -0.39 is 18.1 Å². The van der Waals surface area contributed by atoms with Crippen molar-refractivity contribution in [2.24, 2.45) is 5.73 Å². The number of nitrogens with two attached hydrogens (primary N) is 1. The van der Waals surface area contributed by atoms with Crippen LogP contribution in [0.5, 0.6) is 0 Å². The SMILES string of the molecule is CCC(O)CCC(N)C(=O)O. The molecule has 0 saturated heterocycles. The van der Waals surface area contributed by atoms with Gasteiger partial charge in [-0.3, -0.25) is 4.79 Å². The molecule has 2 atom stereocenters. The first kappa shape index (κ1) is 10.4. The minimum Gasteiger partial charge on any atom is -0.480 e. The molecule has 4 heteroatoms. The van der Waals surface area contributed by atoms with E-state index >= 15 is 0 Å². The molecule has 0 aromatic rings. The summed E-state index contributed by atoms with van der Waals surface area (Å²) in [6.07, 6.45) is 1.03. The molecule has 11 heavy (non-hydrogen) atoms. The van der Waals surface area contributed by atoms with E-state index in [4.69, 9.17) is 15.9 Å². The van der Waals surface area contributed by atoms with Crippen molar-refractivity contribution < 1.29 is 15.0 Å². The fourth-order valence-electron chi connectivity index (χ4n) is 0.700. The highest BCUT2D eigenvalue weighted by atomic mass is 16.4. The molecule has 4 N–H and O–H groups in total. The van der Waals surface area contributed by atoms with E-state index in [-0.39, 0.29) is 0 Å². The van der Waals surface area contributed by atoms with E-state index in [1.807, 2.05) is 6.92 Å². The number of carbonyl (C=O) groups is 1. The van der Waals surface area contributed by atoms with Gasteiger partial charge in [-0.25, -0.2) is 0 Å². The summed E-state index contributed by atoms with van der Waals surface area (Å²) < 4.78 is 0. The molecule has 66 valence electrons. The van der Waals surface area contributed by atoms with Crippen LogP contribution in [0.4, 0.5) is 0 Å². The molecule has 0 aromatic carbocycles. The number of aliphatic hydroxyl groups excluding tert-OH is 1. The van der Waals surface area contributed by atoms with E-state index in [9.17, 15) is 4.79 Å². The van der Waals surface area contributed by atoms with E-state index in [0.29, 0.717) is 19.3 Å². The van der Waals surface area contributed by atoms with Crippen LogP contribution in [0.25, 0.3) is 0 Å². The van der Waals surface area contributed by atoms with E-state index in [0.717, 1.165) is 0 Å². The molecule has 0 radical (unpaired) electrons. The number of aliphatic carboxylic acids is 1. The molecule has 2 unspecified atom stereocenters.